The van der Waals surface area contributed by atoms with Crippen molar-refractivity contribution in [1.29, 1.82) is 0 Å². The summed E-state index contributed by atoms with van der Waals surface area (Å²) in [6.45, 7) is 0.460. The van der Waals surface area contributed by atoms with Gasteiger partial charge in [-0.05, 0) is 41.5 Å². The molecule has 1 heterocycles. The minimum Gasteiger partial charge on any atom is -0.497 e. The smallest absolute Gasteiger partial charge is 0.231 e. The van der Waals surface area contributed by atoms with Crippen LogP contribution in [-0.2, 0) is 6.61 Å². The van der Waals surface area contributed by atoms with Gasteiger partial charge in [-0.2, -0.15) is 0 Å². The molecule has 0 unspecified atom stereocenters. The number of hydrogen-bond donors (Lipinski definition) is 0. The van der Waals surface area contributed by atoms with Crippen LogP contribution in [0.3, 0.4) is 0 Å². The van der Waals surface area contributed by atoms with E-state index < -0.39 is 0 Å². The van der Waals surface area contributed by atoms with Gasteiger partial charge in [-0.1, -0.05) is 42.5 Å². The number of benzene rings is 3. The van der Waals surface area contributed by atoms with Gasteiger partial charge < -0.3 is 14.2 Å². The number of fused-ring (bicyclic) bond motifs is 1. The minimum atomic E-state index is -0.129. The van der Waals surface area contributed by atoms with Crippen LogP contribution in [0, 0.1) is 0 Å². The number of ether oxygens (including phenoxy) is 3. The van der Waals surface area contributed by atoms with Gasteiger partial charge >= 0.3 is 0 Å². The van der Waals surface area contributed by atoms with Gasteiger partial charge in [0.25, 0.3) is 0 Å². The molecule has 0 radical (unpaired) electrons. The lowest BCUT2D eigenvalue weighted by atomic mass is 10.1. The number of allylic oxidation sites excluding steroid dienone is 1. The maximum Gasteiger partial charge on any atom is 0.231 e. The molecule has 0 atom stereocenters. The second kappa shape index (κ2) is 7.38. The van der Waals surface area contributed by atoms with Crippen molar-refractivity contribution in [2.24, 2.45) is 0 Å². The van der Waals surface area contributed by atoms with Crippen LogP contribution in [0.5, 0.6) is 17.2 Å². The molecule has 0 N–H and O–H groups in total. The van der Waals surface area contributed by atoms with E-state index in [1.54, 1.807) is 31.4 Å². The van der Waals surface area contributed by atoms with Gasteiger partial charge in [-0.15, -0.1) is 0 Å². The Labute approximate surface area is 157 Å². The van der Waals surface area contributed by atoms with E-state index in [-0.39, 0.29) is 5.78 Å². The fourth-order valence-corrected chi connectivity index (χ4v) is 2.85. The summed E-state index contributed by atoms with van der Waals surface area (Å²) in [4.78, 5) is 12.6. The lowest BCUT2D eigenvalue weighted by Crippen LogP contribution is -1.98. The molecule has 27 heavy (non-hydrogen) atoms. The monoisotopic (exact) mass is 358 g/mol. The third kappa shape index (κ3) is 3.70. The Morgan fingerprint density at radius 1 is 0.926 bits per heavy atom. The highest BCUT2D eigenvalue weighted by atomic mass is 16.5. The fraction of sp³-hybridized carbons (Fsp3) is 0.0870. The number of carbonyl (C=O) groups excluding carboxylic acids is 1. The SMILES string of the molecule is COc1ccc(/C=C2/Oc3cc(OCc4ccccc4)ccc3C2=O)cc1. The van der Waals surface area contributed by atoms with Crippen LogP contribution in [0.1, 0.15) is 21.5 Å². The molecule has 0 spiro atoms. The standard InChI is InChI=1S/C23H18O4/c1-25-18-9-7-16(8-10-18)13-22-23(24)20-12-11-19(14-21(20)27-22)26-15-17-5-3-2-4-6-17/h2-14H,15H2,1H3/b22-13+. The van der Waals surface area contributed by atoms with Crippen LogP contribution in [0.2, 0.25) is 0 Å². The number of methoxy groups -OCH3 is 1. The summed E-state index contributed by atoms with van der Waals surface area (Å²) in [7, 11) is 1.62. The molecule has 0 aromatic heterocycles. The van der Waals surface area contributed by atoms with E-state index in [2.05, 4.69) is 0 Å². The van der Waals surface area contributed by atoms with Crippen LogP contribution in [0.25, 0.3) is 6.08 Å². The average Bonchev–Trinajstić information content (AvgIpc) is 3.02. The second-order valence-corrected chi connectivity index (χ2v) is 6.15. The molecular formula is C23H18O4. The lowest BCUT2D eigenvalue weighted by Gasteiger charge is -2.07. The normalized spacial score (nSPS) is 14.0. The molecule has 1 aliphatic rings. The second-order valence-electron chi connectivity index (χ2n) is 6.15. The van der Waals surface area contributed by atoms with E-state index in [0.29, 0.717) is 29.4 Å². The summed E-state index contributed by atoms with van der Waals surface area (Å²) in [5, 5.41) is 0. The van der Waals surface area contributed by atoms with Crippen molar-refractivity contribution in [1.82, 2.24) is 0 Å². The van der Waals surface area contributed by atoms with Gasteiger partial charge in [-0.25, -0.2) is 0 Å². The first kappa shape index (κ1) is 16.9. The van der Waals surface area contributed by atoms with Crippen molar-refractivity contribution in [3.8, 4) is 17.2 Å². The average molecular weight is 358 g/mol. The highest BCUT2D eigenvalue weighted by Gasteiger charge is 2.27. The van der Waals surface area contributed by atoms with Crippen molar-refractivity contribution in [3.63, 3.8) is 0 Å². The van der Waals surface area contributed by atoms with E-state index in [9.17, 15) is 4.79 Å². The summed E-state index contributed by atoms with van der Waals surface area (Å²) >= 11 is 0. The number of hydrogen-bond acceptors (Lipinski definition) is 4. The number of ketones is 1. The minimum absolute atomic E-state index is 0.129. The van der Waals surface area contributed by atoms with Crippen LogP contribution in [0.15, 0.2) is 78.6 Å². The van der Waals surface area contributed by atoms with Gasteiger partial charge in [0, 0.05) is 6.07 Å². The molecule has 4 rings (SSSR count). The van der Waals surface area contributed by atoms with Gasteiger partial charge in [0.15, 0.2) is 5.76 Å². The first-order valence-corrected chi connectivity index (χ1v) is 8.62. The van der Waals surface area contributed by atoms with Crippen LogP contribution in [-0.4, -0.2) is 12.9 Å². The predicted octanol–water partition coefficient (Wildman–Crippen LogP) is 4.89. The molecule has 0 saturated heterocycles. The molecule has 0 fully saturated rings. The summed E-state index contributed by atoms with van der Waals surface area (Å²) < 4.78 is 16.7. The zero-order valence-corrected chi connectivity index (χ0v) is 14.8. The number of Topliss-reactive ketones (excluding diaryl/α,β-unsaturated/α-hetero) is 1. The molecule has 3 aromatic rings. The molecule has 0 saturated carbocycles. The fourth-order valence-electron chi connectivity index (χ4n) is 2.85. The van der Waals surface area contributed by atoms with Crippen molar-refractivity contribution in [2.45, 2.75) is 6.61 Å². The van der Waals surface area contributed by atoms with Crippen molar-refractivity contribution >= 4 is 11.9 Å². The van der Waals surface area contributed by atoms with Gasteiger partial charge in [-0.3, -0.25) is 4.79 Å². The molecule has 4 nitrogen and oxygen atoms in total. The molecule has 4 heteroatoms. The summed E-state index contributed by atoms with van der Waals surface area (Å²) in [5.74, 6) is 2.12. The van der Waals surface area contributed by atoms with Crippen LogP contribution >= 0.6 is 0 Å². The maximum absolute atomic E-state index is 12.6. The summed E-state index contributed by atoms with van der Waals surface area (Å²) in [6, 6.07) is 22.6. The molecule has 0 aliphatic carbocycles. The third-order valence-corrected chi connectivity index (χ3v) is 4.30. The third-order valence-electron chi connectivity index (χ3n) is 4.30. The zero-order valence-electron chi connectivity index (χ0n) is 14.8. The summed E-state index contributed by atoms with van der Waals surface area (Å²) in [6.07, 6.45) is 1.73. The highest BCUT2D eigenvalue weighted by molar-refractivity contribution is 6.14. The molecule has 0 bridgehead atoms. The van der Waals surface area contributed by atoms with E-state index >= 15 is 0 Å². The highest BCUT2D eigenvalue weighted by Crippen LogP contribution is 2.35. The lowest BCUT2D eigenvalue weighted by molar-refractivity contribution is 0.101. The first-order valence-electron chi connectivity index (χ1n) is 8.62. The topological polar surface area (TPSA) is 44.8 Å². The molecule has 1 aliphatic heterocycles. The Bertz CT molecular complexity index is 989. The van der Waals surface area contributed by atoms with E-state index in [1.165, 1.54) is 0 Å². The van der Waals surface area contributed by atoms with E-state index in [1.807, 2.05) is 54.6 Å². The molecular weight excluding hydrogens is 340 g/mol. The maximum atomic E-state index is 12.6. The Kier molecular flexibility index (Phi) is 4.62. The Balaban J connectivity index is 1.50. The van der Waals surface area contributed by atoms with E-state index in [0.717, 1.165) is 16.9 Å². The zero-order chi connectivity index (χ0) is 18.6. The Morgan fingerprint density at radius 2 is 1.67 bits per heavy atom. The van der Waals surface area contributed by atoms with Crippen molar-refractivity contribution < 1.29 is 19.0 Å². The van der Waals surface area contributed by atoms with Gasteiger partial charge in [0.2, 0.25) is 5.78 Å². The first-order chi connectivity index (χ1) is 13.2. The number of rotatable bonds is 5. The van der Waals surface area contributed by atoms with Gasteiger partial charge in [0.1, 0.15) is 23.9 Å². The predicted molar refractivity (Wildman–Crippen MR) is 103 cm³/mol. The number of carbonyl (C=O) groups is 1. The van der Waals surface area contributed by atoms with Crippen LogP contribution in [0.4, 0.5) is 0 Å². The van der Waals surface area contributed by atoms with E-state index in [4.69, 9.17) is 14.2 Å². The van der Waals surface area contributed by atoms with Crippen molar-refractivity contribution in [2.75, 3.05) is 7.11 Å². The largest absolute Gasteiger partial charge is 0.497 e. The molecule has 0 amide bonds. The summed E-state index contributed by atoms with van der Waals surface area (Å²) in [5.41, 5.74) is 2.49. The molecule has 3 aromatic carbocycles. The quantitative estimate of drug-likeness (QED) is 0.609. The van der Waals surface area contributed by atoms with Gasteiger partial charge in [0.05, 0.1) is 12.7 Å². The Morgan fingerprint density at radius 3 is 2.41 bits per heavy atom. The van der Waals surface area contributed by atoms with Crippen molar-refractivity contribution in [3.05, 3.63) is 95.2 Å². The Hall–Kier alpha value is -3.53. The van der Waals surface area contributed by atoms with Crippen LogP contribution < -0.4 is 14.2 Å². The molecule has 134 valence electrons.